The molecule has 300 valence electrons. The van der Waals surface area contributed by atoms with Crippen molar-refractivity contribution in [1.82, 2.24) is 33.8 Å². The number of aryl methyl sites for hydroxylation is 2. The number of pyridine rings is 1. The summed E-state index contributed by atoms with van der Waals surface area (Å²) in [6, 6.07) is 14.9. The molecule has 0 spiro atoms. The largest absolute Gasteiger partial charge is 0.490 e. The van der Waals surface area contributed by atoms with Crippen molar-refractivity contribution >= 4 is 46.2 Å². The molecule has 0 aliphatic carbocycles. The van der Waals surface area contributed by atoms with Gasteiger partial charge in [-0.05, 0) is 87.3 Å². The summed E-state index contributed by atoms with van der Waals surface area (Å²) in [4.78, 5) is 29.2. The molecule has 1 aliphatic rings. The van der Waals surface area contributed by atoms with Gasteiger partial charge in [-0.3, -0.25) is 14.0 Å². The van der Waals surface area contributed by atoms with Crippen LogP contribution in [-0.2, 0) is 34.0 Å². The molecular formula is C32H31ClF9N7O6. The van der Waals surface area contributed by atoms with E-state index in [1.807, 2.05) is 23.9 Å². The summed E-state index contributed by atoms with van der Waals surface area (Å²) in [5, 5.41) is 35.6. The van der Waals surface area contributed by atoms with Crippen LogP contribution in [0, 0.1) is 6.92 Å². The number of carbonyl (C=O) groups is 3. The van der Waals surface area contributed by atoms with Gasteiger partial charge >= 0.3 is 36.4 Å². The summed E-state index contributed by atoms with van der Waals surface area (Å²) in [7, 11) is 0. The number of benzene rings is 1. The van der Waals surface area contributed by atoms with Crippen molar-refractivity contribution in [3.63, 3.8) is 0 Å². The van der Waals surface area contributed by atoms with Crippen molar-refractivity contribution in [2.75, 3.05) is 13.1 Å². The Labute approximate surface area is 309 Å². The number of aromatic nitrogens is 6. The highest BCUT2D eigenvalue weighted by Gasteiger charge is 2.39. The Morgan fingerprint density at radius 2 is 1.25 bits per heavy atom. The van der Waals surface area contributed by atoms with Gasteiger partial charge < -0.3 is 19.9 Å². The van der Waals surface area contributed by atoms with E-state index in [0.29, 0.717) is 6.54 Å². The second-order valence-electron chi connectivity index (χ2n) is 11.6. The topological polar surface area (TPSA) is 168 Å². The molecule has 4 aromatic heterocycles. The zero-order valence-electron chi connectivity index (χ0n) is 28.5. The van der Waals surface area contributed by atoms with Crippen molar-refractivity contribution in [2.45, 2.75) is 64.9 Å². The quantitative estimate of drug-likeness (QED) is 0.151. The molecule has 23 heteroatoms. The highest BCUT2D eigenvalue weighted by molar-refractivity contribution is 6.30. The van der Waals surface area contributed by atoms with E-state index >= 15 is 0 Å². The fourth-order valence-corrected chi connectivity index (χ4v) is 5.46. The van der Waals surface area contributed by atoms with E-state index in [4.69, 9.17) is 46.4 Å². The Bertz CT molecular complexity index is 2060. The molecule has 5 heterocycles. The first kappa shape index (κ1) is 44.0. The van der Waals surface area contributed by atoms with Crippen LogP contribution in [0.15, 0.2) is 48.7 Å². The Balaban J connectivity index is 0.000000318. The fraction of sp³-hybridized carbons (Fsp3) is 0.375. The fourth-order valence-electron chi connectivity index (χ4n) is 5.18. The third kappa shape index (κ3) is 12.3. The van der Waals surface area contributed by atoms with Crippen LogP contribution in [0.4, 0.5) is 39.5 Å². The number of carboxylic acids is 3. The van der Waals surface area contributed by atoms with Gasteiger partial charge in [-0.25, -0.2) is 14.4 Å². The summed E-state index contributed by atoms with van der Waals surface area (Å²) in [5.74, 6) is -7.40. The standard InChI is InChI=1S/C26H28ClN7.3C2HF3O2/c1-3-32-11-8-22(30-32)24-15-25-23(6-7-26-29-28-18(2)34(25)26)33(24)17-20-12-19(13-21(27)14-20)16-31-9-4-5-10-31;3*3-2(4,5)1(6)7/h6-8,11-15H,3-5,9-10,16-17H2,1-2H3;3*(H,6,7). The number of likely N-dealkylation sites (tertiary alicyclic amines) is 1. The summed E-state index contributed by atoms with van der Waals surface area (Å²) < 4.78 is 102. The molecule has 55 heavy (non-hydrogen) atoms. The average molecular weight is 816 g/mol. The Kier molecular flexibility index (Phi) is 14.3. The molecule has 0 radical (unpaired) electrons. The van der Waals surface area contributed by atoms with Crippen LogP contribution in [0.1, 0.15) is 36.7 Å². The molecule has 0 amide bonds. The minimum atomic E-state index is -5.08. The summed E-state index contributed by atoms with van der Waals surface area (Å²) in [6.07, 6.45) is -10.6. The summed E-state index contributed by atoms with van der Waals surface area (Å²) in [5.41, 5.74) is 7.55. The number of carboxylic acid groups (broad SMARTS) is 3. The molecule has 0 saturated carbocycles. The lowest BCUT2D eigenvalue weighted by Gasteiger charge is -2.16. The third-order valence-corrected chi connectivity index (χ3v) is 7.73. The second kappa shape index (κ2) is 17.8. The van der Waals surface area contributed by atoms with E-state index in [0.717, 1.165) is 52.0 Å². The van der Waals surface area contributed by atoms with Crippen LogP contribution >= 0.6 is 11.6 Å². The van der Waals surface area contributed by atoms with Gasteiger partial charge in [0.2, 0.25) is 0 Å². The lowest BCUT2D eigenvalue weighted by Crippen LogP contribution is -2.21. The molecule has 6 rings (SSSR count). The Morgan fingerprint density at radius 3 is 1.73 bits per heavy atom. The monoisotopic (exact) mass is 815 g/mol. The minimum absolute atomic E-state index is 0.706. The number of alkyl halides is 9. The van der Waals surface area contributed by atoms with E-state index < -0.39 is 36.4 Å². The highest BCUT2D eigenvalue weighted by Crippen LogP contribution is 2.30. The molecule has 5 aromatic rings. The van der Waals surface area contributed by atoms with Gasteiger partial charge in [0, 0.05) is 30.9 Å². The van der Waals surface area contributed by atoms with E-state index in [2.05, 4.69) is 67.4 Å². The SMILES string of the molecule is CCn1ccc(-c2cc3c(ccc4nnc(C)n43)n2Cc2cc(Cl)cc(CN3CCCC3)c2)n1.O=C(O)C(F)(F)F.O=C(O)C(F)(F)F.O=C(O)C(F)(F)F. The van der Waals surface area contributed by atoms with Gasteiger partial charge in [0.25, 0.3) is 0 Å². The van der Waals surface area contributed by atoms with Crippen molar-refractivity contribution in [2.24, 2.45) is 0 Å². The lowest BCUT2D eigenvalue weighted by atomic mass is 10.1. The predicted octanol–water partition coefficient (Wildman–Crippen LogP) is 7.07. The number of aliphatic carboxylic acids is 3. The number of fused-ring (bicyclic) bond motifs is 3. The van der Waals surface area contributed by atoms with Gasteiger partial charge in [-0.2, -0.15) is 44.6 Å². The summed E-state index contributed by atoms with van der Waals surface area (Å²) in [6.45, 7) is 8.93. The molecule has 1 saturated heterocycles. The maximum Gasteiger partial charge on any atom is 0.490 e. The van der Waals surface area contributed by atoms with Crippen molar-refractivity contribution in [3.8, 4) is 11.4 Å². The zero-order valence-corrected chi connectivity index (χ0v) is 29.3. The van der Waals surface area contributed by atoms with Crippen LogP contribution < -0.4 is 0 Å². The first-order chi connectivity index (χ1) is 25.4. The number of nitrogens with zero attached hydrogens (tertiary/aromatic N) is 7. The zero-order chi connectivity index (χ0) is 41.5. The molecule has 13 nitrogen and oxygen atoms in total. The molecule has 1 aromatic carbocycles. The van der Waals surface area contributed by atoms with E-state index in [1.54, 1.807) is 0 Å². The third-order valence-electron chi connectivity index (χ3n) is 7.52. The number of rotatable bonds is 6. The van der Waals surface area contributed by atoms with E-state index in [1.165, 1.54) is 37.1 Å². The smallest absolute Gasteiger partial charge is 0.475 e. The van der Waals surface area contributed by atoms with Crippen molar-refractivity contribution in [1.29, 1.82) is 0 Å². The van der Waals surface area contributed by atoms with Crippen LogP contribution in [0.5, 0.6) is 0 Å². The second-order valence-corrected chi connectivity index (χ2v) is 12.0. The van der Waals surface area contributed by atoms with Crippen molar-refractivity contribution in [3.05, 3.63) is 70.6 Å². The van der Waals surface area contributed by atoms with Crippen molar-refractivity contribution < 1.29 is 69.2 Å². The normalized spacial score (nSPS) is 13.4. The average Bonchev–Trinajstić information content (AvgIpc) is 3.88. The lowest BCUT2D eigenvalue weighted by molar-refractivity contribution is -0.193. The van der Waals surface area contributed by atoms with Crippen LogP contribution in [-0.4, -0.2) is 98.7 Å². The maximum absolute atomic E-state index is 10.6. The van der Waals surface area contributed by atoms with Gasteiger partial charge in [0.1, 0.15) is 11.5 Å². The molecule has 0 unspecified atom stereocenters. The number of hydrogen-bond donors (Lipinski definition) is 3. The highest BCUT2D eigenvalue weighted by atomic mass is 35.5. The number of halogens is 10. The minimum Gasteiger partial charge on any atom is -0.475 e. The first-order valence-electron chi connectivity index (χ1n) is 15.7. The maximum atomic E-state index is 10.6. The molecule has 1 aliphatic heterocycles. The van der Waals surface area contributed by atoms with E-state index in [9.17, 15) is 39.5 Å². The molecule has 3 N–H and O–H groups in total. The van der Waals surface area contributed by atoms with Gasteiger partial charge in [0.05, 0.1) is 16.7 Å². The predicted molar refractivity (Wildman–Crippen MR) is 176 cm³/mol. The summed E-state index contributed by atoms with van der Waals surface area (Å²) >= 11 is 6.59. The van der Waals surface area contributed by atoms with Gasteiger partial charge in [-0.1, -0.05) is 17.7 Å². The van der Waals surface area contributed by atoms with Gasteiger partial charge in [-0.15, -0.1) is 10.2 Å². The number of hydrogen-bond acceptors (Lipinski definition) is 7. The molecular weight excluding hydrogens is 785 g/mol. The Morgan fingerprint density at radius 1 is 0.745 bits per heavy atom. The van der Waals surface area contributed by atoms with Crippen LogP contribution in [0.2, 0.25) is 5.02 Å². The molecule has 0 atom stereocenters. The van der Waals surface area contributed by atoms with Crippen LogP contribution in [0.3, 0.4) is 0 Å². The molecule has 0 bridgehead atoms. The van der Waals surface area contributed by atoms with Gasteiger partial charge in [0.15, 0.2) is 5.65 Å². The van der Waals surface area contributed by atoms with E-state index in [-0.39, 0.29) is 0 Å². The van der Waals surface area contributed by atoms with Crippen LogP contribution in [0.25, 0.3) is 28.1 Å². The Hall–Kier alpha value is -5.38. The molecule has 1 fully saturated rings. The first-order valence-corrected chi connectivity index (χ1v) is 16.1.